The molecule has 0 radical (unpaired) electrons. The molecule has 1 aromatic carbocycles. The van der Waals surface area contributed by atoms with E-state index in [0.717, 1.165) is 12.8 Å². The highest BCUT2D eigenvalue weighted by Gasteiger charge is 2.33. The molecule has 0 aliphatic carbocycles. The van der Waals surface area contributed by atoms with Gasteiger partial charge in [-0.1, -0.05) is 11.6 Å². The predicted molar refractivity (Wildman–Crippen MR) is 78.8 cm³/mol. The van der Waals surface area contributed by atoms with E-state index in [1.165, 1.54) is 28.6 Å². The summed E-state index contributed by atoms with van der Waals surface area (Å²) in [5.74, 6) is 0. The zero-order chi connectivity index (χ0) is 14.8. The van der Waals surface area contributed by atoms with E-state index < -0.39 is 16.2 Å². The average Bonchev–Trinajstić information content (AvgIpc) is 2.42. The second-order valence-electron chi connectivity index (χ2n) is 4.39. The summed E-state index contributed by atoms with van der Waals surface area (Å²) < 4.78 is 27.0. The van der Waals surface area contributed by atoms with Gasteiger partial charge in [-0.15, -0.1) is 0 Å². The van der Waals surface area contributed by atoms with Gasteiger partial charge in [0.15, 0.2) is 0 Å². The minimum Gasteiger partial charge on any atom is -0.211 e. The number of halogens is 2. The molecule has 0 N–H and O–H groups in total. The number of rotatable bonds is 3. The average molecular weight is 380 g/mol. The molecular formula is C12H12BrClN2O3S. The highest BCUT2D eigenvalue weighted by Crippen LogP contribution is 2.30. The van der Waals surface area contributed by atoms with E-state index in [1.54, 1.807) is 0 Å². The molecule has 0 amide bonds. The summed E-state index contributed by atoms with van der Waals surface area (Å²) >= 11 is 9.08. The Hall–Kier alpha value is -0.720. The van der Waals surface area contributed by atoms with Crippen LogP contribution in [0.15, 0.2) is 32.6 Å². The maximum absolute atomic E-state index is 12.6. The third kappa shape index (κ3) is 3.13. The van der Waals surface area contributed by atoms with Gasteiger partial charge in [0.05, 0.1) is 9.92 Å². The van der Waals surface area contributed by atoms with E-state index >= 15 is 0 Å². The van der Waals surface area contributed by atoms with Gasteiger partial charge in [-0.3, -0.25) is 0 Å². The number of nitrogens with zero attached hydrogens (tertiary/aromatic N) is 2. The normalized spacial score (nSPS) is 20.4. The summed E-state index contributed by atoms with van der Waals surface area (Å²) in [7, 11) is -3.70. The molecule has 1 aliphatic heterocycles. The highest BCUT2D eigenvalue weighted by atomic mass is 79.9. The molecule has 5 nitrogen and oxygen atoms in total. The molecule has 108 valence electrons. The van der Waals surface area contributed by atoms with Crippen LogP contribution in [-0.4, -0.2) is 31.5 Å². The summed E-state index contributed by atoms with van der Waals surface area (Å²) in [4.78, 5) is 14.2. The standard InChI is InChI=1S/C12H12BrClN2O3S/c13-10-7-9(4-5-11(10)14)20(18,19)16-6-2-1-3-12(16)15-8-17/h4-5,7,12H,1-3,6H2. The SMILES string of the molecule is O=C=NC1CCCCN1S(=O)(=O)c1ccc(Cl)c(Br)c1. The second kappa shape index (κ2) is 6.37. The van der Waals surface area contributed by atoms with Gasteiger partial charge >= 0.3 is 0 Å². The molecule has 1 atom stereocenters. The zero-order valence-corrected chi connectivity index (χ0v) is 13.6. The fraction of sp³-hybridized carbons (Fsp3) is 0.417. The van der Waals surface area contributed by atoms with E-state index in [4.69, 9.17) is 11.6 Å². The van der Waals surface area contributed by atoms with Crippen LogP contribution < -0.4 is 0 Å². The van der Waals surface area contributed by atoms with Gasteiger partial charge in [0, 0.05) is 11.0 Å². The lowest BCUT2D eigenvalue weighted by molar-refractivity contribution is 0.259. The number of carbonyl (C=O) groups excluding carboxylic acids is 1. The van der Waals surface area contributed by atoms with Gasteiger partial charge in [0.25, 0.3) is 0 Å². The fourth-order valence-corrected chi connectivity index (χ4v) is 4.40. The van der Waals surface area contributed by atoms with Crippen LogP contribution >= 0.6 is 27.5 Å². The van der Waals surface area contributed by atoms with Gasteiger partial charge in [0.2, 0.25) is 16.1 Å². The number of sulfonamides is 1. The summed E-state index contributed by atoms with van der Waals surface area (Å²) in [5.41, 5.74) is 0. The van der Waals surface area contributed by atoms with Crippen LogP contribution in [0.25, 0.3) is 0 Å². The first kappa shape index (κ1) is 15.7. The van der Waals surface area contributed by atoms with E-state index in [-0.39, 0.29) is 4.90 Å². The number of hydrogen-bond donors (Lipinski definition) is 0. The third-order valence-corrected chi connectivity index (χ3v) is 6.23. The molecule has 1 heterocycles. The van der Waals surface area contributed by atoms with Crippen molar-refractivity contribution in [2.75, 3.05) is 6.54 Å². The second-order valence-corrected chi connectivity index (χ2v) is 7.54. The van der Waals surface area contributed by atoms with E-state index in [2.05, 4.69) is 20.9 Å². The molecule has 2 rings (SSSR count). The Morgan fingerprint density at radius 2 is 2.15 bits per heavy atom. The molecule has 0 aromatic heterocycles. The molecule has 20 heavy (non-hydrogen) atoms. The van der Waals surface area contributed by atoms with Crippen LogP contribution in [-0.2, 0) is 14.8 Å². The summed E-state index contributed by atoms with van der Waals surface area (Å²) in [5, 5.41) is 0.435. The minimum absolute atomic E-state index is 0.127. The fourth-order valence-electron chi connectivity index (χ4n) is 2.13. The van der Waals surface area contributed by atoms with Gasteiger partial charge in [0.1, 0.15) is 6.17 Å². The van der Waals surface area contributed by atoms with E-state index in [9.17, 15) is 13.2 Å². The van der Waals surface area contributed by atoms with Crippen LogP contribution in [0.5, 0.6) is 0 Å². The Kier molecular flexibility index (Phi) is 4.99. The van der Waals surface area contributed by atoms with Gasteiger partial charge in [-0.05, 0) is 53.4 Å². The summed E-state index contributed by atoms with van der Waals surface area (Å²) in [6.45, 7) is 0.346. The number of aliphatic imine (C=N–C) groups is 1. The maximum atomic E-state index is 12.6. The number of benzene rings is 1. The van der Waals surface area contributed by atoms with Crippen molar-refractivity contribution in [3.63, 3.8) is 0 Å². The Morgan fingerprint density at radius 1 is 1.40 bits per heavy atom. The zero-order valence-electron chi connectivity index (χ0n) is 10.4. The van der Waals surface area contributed by atoms with Crippen molar-refractivity contribution < 1.29 is 13.2 Å². The lowest BCUT2D eigenvalue weighted by atomic mass is 10.1. The van der Waals surface area contributed by atoms with Crippen molar-refractivity contribution >= 4 is 43.6 Å². The quantitative estimate of drug-likeness (QED) is 0.599. The lowest BCUT2D eigenvalue weighted by Gasteiger charge is -2.31. The van der Waals surface area contributed by atoms with Gasteiger partial charge < -0.3 is 0 Å². The van der Waals surface area contributed by atoms with Crippen LogP contribution in [0.4, 0.5) is 0 Å². The summed E-state index contributed by atoms with van der Waals surface area (Å²) in [6.07, 6.45) is 2.90. The van der Waals surface area contributed by atoms with Crippen molar-refractivity contribution in [3.05, 3.63) is 27.7 Å². The van der Waals surface area contributed by atoms with E-state index in [1.807, 2.05) is 0 Å². The van der Waals surface area contributed by atoms with Gasteiger partial charge in [-0.25, -0.2) is 13.2 Å². The van der Waals surface area contributed by atoms with E-state index in [0.29, 0.717) is 22.5 Å². The number of piperidine rings is 1. The Bertz CT molecular complexity index is 659. The Labute approximate surface area is 130 Å². The largest absolute Gasteiger partial charge is 0.244 e. The molecule has 0 bridgehead atoms. The predicted octanol–water partition coefficient (Wildman–Crippen LogP) is 2.94. The Balaban J connectivity index is 2.41. The lowest BCUT2D eigenvalue weighted by Crippen LogP contribution is -2.42. The molecule has 1 saturated heterocycles. The molecule has 1 fully saturated rings. The van der Waals surface area contributed by atoms with Crippen molar-refractivity contribution in [2.45, 2.75) is 30.3 Å². The highest BCUT2D eigenvalue weighted by molar-refractivity contribution is 9.10. The molecule has 1 unspecified atom stereocenters. The monoisotopic (exact) mass is 378 g/mol. The molecule has 1 aromatic rings. The molecule has 0 spiro atoms. The third-order valence-electron chi connectivity index (χ3n) is 3.12. The first-order valence-electron chi connectivity index (χ1n) is 6.00. The van der Waals surface area contributed by atoms with Crippen molar-refractivity contribution in [1.29, 1.82) is 0 Å². The van der Waals surface area contributed by atoms with Crippen LogP contribution in [0, 0.1) is 0 Å². The van der Waals surface area contributed by atoms with Crippen LogP contribution in [0.3, 0.4) is 0 Å². The van der Waals surface area contributed by atoms with Crippen LogP contribution in [0.2, 0.25) is 5.02 Å². The number of hydrogen-bond acceptors (Lipinski definition) is 4. The molecular weight excluding hydrogens is 368 g/mol. The van der Waals surface area contributed by atoms with Crippen molar-refractivity contribution in [2.24, 2.45) is 4.99 Å². The molecule has 0 saturated carbocycles. The van der Waals surface area contributed by atoms with Crippen LogP contribution in [0.1, 0.15) is 19.3 Å². The maximum Gasteiger partial charge on any atom is 0.244 e. The first-order valence-corrected chi connectivity index (χ1v) is 8.62. The number of isocyanates is 1. The summed E-state index contributed by atoms with van der Waals surface area (Å²) in [6, 6.07) is 4.41. The molecule has 1 aliphatic rings. The Morgan fingerprint density at radius 3 is 2.80 bits per heavy atom. The van der Waals surface area contributed by atoms with Crippen molar-refractivity contribution in [1.82, 2.24) is 4.31 Å². The molecule has 8 heteroatoms. The van der Waals surface area contributed by atoms with Gasteiger partial charge in [-0.2, -0.15) is 9.30 Å². The first-order chi connectivity index (χ1) is 9.46. The van der Waals surface area contributed by atoms with Crippen molar-refractivity contribution in [3.8, 4) is 0 Å². The topological polar surface area (TPSA) is 66.8 Å². The smallest absolute Gasteiger partial charge is 0.211 e. The minimum atomic E-state index is -3.70.